The molecular formula is C32H44FN3O4. The molecule has 1 fully saturated rings. The number of nitrogens with one attached hydrogen (secondary N) is 1. The Bertz CT molecular complexity index is 1190. The number of halogens is 1. The number of benzene rings is 1. The van der Waals surface area contributed by atoms with Crippen LogP contribution in [0.5, 0.6) is 0 Å². The van der Waals surface area contributed by atoms with Gasteiger partial charge in [-0.2, -0.15) is 0 Å². The summed E-state index contributed by atoms with van der Waals surface area (Å²) in [5.41, 5.74) is 4.71. The van der Waals surface area contributed by atoms with Crippen LogP contribution in [0.3, 0.4) is 0 Å². The Morgan fingerprint density at radius 3 is 2.92 bits per heavy atom. The number of nitrogens with zero attached hydrogens (tertiary/aromatic N) is 2. The first-order valence-electron chi connectivity index (χ1n) is 14.9. The van der Waals surface area contributed by atoms with E-state index in [1.54, 1.807) is 7.11 Å². The van der Waals surface area contributed by atoms with Gasteiger partial charge in [0.15, 0.2) is 0 Å². The lowest BCUT2D eigenvalue weighted by molar-refractivity contribution is -0.143. The van der Waals surface area contributed by atoms with Gasteiger partial charge < -0.3 is 19.9 Å². The zero-order valence-electron chi connectivity index (χ0n) is 24.1. The number of rotatable bonds is 11. The Balaban J connectivity index is 1.18. The van der Waals surface area contributed by atoms with Crippen LogP contribution in [0.15, 0.2) is 30.3 Å². The van der Waals surface area contributed by atoms with E-state index in [4.69, 9.17) is 14.5 Å². The van der Waals surface area contributed by atoms with Gasteiger partial charge in [-0.15, -0.1) is 0 Å². The largest absolute Gasteiger partial charge is 0.480 e. The van der Waals surface area contributed by atoms with Crippen LogP contribution < -0.4 is 5.32 Å². The fourth-order valence-electron chi connectivity index (χ4n) is 6.53. The fourth-order valence-corrected chi connectivity index (χ4v) is 6.53. The van der Waals surface area contributed by atoms with Gasteiger partial charge >= 0.3 is 5.97 Å². The molecule has 1 saturated heterocycles. The lowest BCUT2D eigenvalue weighted by Gasteiger charge is -2.38. The van der Waals surface area contributed by atoms with Crippen LogP contribution in [-0.4, -0.2) is 65.6 Å². The second-order valence-electron chi connectivity index (χ2n) is 12.2. The summed E-state index contributed by atoms with van der Waals surface area (Å²) in [6.45, 7) is 6.44. The van der Waals surface area contributed by atoms with Crippen LogP contribution in [0.1, 0.15) is 79.9 Å². The molecule has 5 rings (SSSR count). The summed E-state index contributed by atoms with van der Waals surface area (Å²) >= 11 is 0. The zero-order chi connectivity index (χ0) is 28.3. The molecule has 1 unspecified atom stereocenters. The summed E-state index contributed by atoms with van der Waals surface area (Å²) in [5.74, 6) is -0.0159. The van der Waals surface area contributed by atoms with Crippen molar-refractivity contribution in [3.63, 3.8) is 0 Å². The number of pyridine rings is 1. The monoisotopic (exact) mass is 553 g/mol. The molecular weight excluding hydrogens is 509 g/mol. The molecule has 0 saturated carbocycles. The van der Waals surface area contributed by atoms with E-state index in [9.17, 15) is 9.90 Å². The number of aromatic nitrogens is 1. The highest BCUT2D eigenvalue weighted by Crippen LogP contribution is 2.37. The Kier molecular flexibility index (Phi) is 9.08. The number of methoxy groups -OCH3 is 1. The SMILES string of the molecule is COC(C)(C)[C@H]1Cc2c(cccc2[C@H](C(=O)O)N2CCC([C@H](F)CCCCc3ccc4c(n3)NCCC4)C2)CO1. The number of anilines is 1. The molecule has 2 N–H and O–H groups in total. The third-order valence-electron chi connectivity index (χ3n) is 9.22. The Morgan fingerprint density at radius 1 is 1.27 bits per heavy atom. The molecule has 218 valence electrons. The van der Waals surface area contributed by atoms with E-state index in [0.29, 0.717) is 39.0 Å². The molecule has 3 aliphatic rings. The molecule has 0 radical (unpaired) electrons. The number of aliphatic carboxylic acids is 1. The maximum absolute atomic E-state index is 15.4. The first-order chi connectivity index (χ1) is 19.3. The van der Waals surface area contributed by atoms with Crippen molar-refractivity contribution in [2.45, 2.75) is 95.7 Å². The van der Waals surface area contributed by atoms with Gasteiger partial charge in [0.25, 0.3) is 0 Å². The highest BCUT2D eigenvalue weighted by molar-refractivity contribution is 5.76. The van der Waals surface area contributed by atoms with Crippen LogP contribution in [0.25, 0.3) is 0 Å². The van der Waals surface area contributed by atoms with Crippen molar-refractivity contribution in [3.8, 4) is 0 Å². The maximum atomic E-state index is 15.4. The van der Waals surface area contributed by atoms with Crippen LogP contribution in [-0.2, 0) is 40.1 Å². The number of fused-ring (bicyclic) bond motifs is 2. The first kappa shape index (κ1) is 29.0. The van der Waals surface area contributed by atoms with Gasteiger partial charge in [0.2, 0.25) is 0 Å². The summed E-state index contributed by atoms with van der Waals surface area (Å²) in [6.07, 6.45) is 5.45. The van der Waals surface area contributed by atoms with Crippen LogP contribution >= 0.6 is 0 Å². The van der Waals surface area contributed by atoms with Crippen LogP contribution in [0.2, 0.25) is 0 Å². The fraction of sp³-hybridized carbons (Fsp3) is 0.625. The summed E-state index contributed by atoms with van der Waals surface area (Å²) in [7, 11) is 1.67. The number of carbonyl (C=O) groups is 1. The minimum absolute atomic E-state index is 0.143. The summed E-state index contributed by atoms with van der Waals surface area (Å²) < 4.78 is 27.1. The molecule has 40 heavy (non-hydrogen) atoms. The first-order valence-corrected chi connectivity index (χ1v) is 14.9. The van der Waals surface area contributed by atoms with E-state index >= 15 is 4.39 Å². The molecule has 8 heteroatoms. The Labute approximate surface area is 237 Å². The van der Waals surface area contributed by atoms with Gasteiger partial charge in [-0.25, -0.2) is 9.37 Å². The molecule has 0 spiro atoms. The van der Waals surface area contributed by atoms with Gasteiger partial charge in [0.1, 0.15) is 18.0 Å². The highest BCUT2D eigenvalue weighted by atomic mass is 19.1. The van der Waals surface area contributed by atoms with Gasteiger partial charge in [0, 0.05) is 38.2 Å². The number of likely N-dealkylation sites (tertiary alicyclic amines) is 1. The van der Waals surface area contributed by atoms with E-state index in [2.05, 4.69) is 17.4 Å². The number of ether oxygens (including phenoxy) is 2. The van der Waals surface area contributed by atoms with Crippen molar-refractivity contribution in [1.82, 2.24) is 9.88 Å². The van der Waals surface area contributed by atoms with Crippen molar-refractivity contribution in [3.05, 3.63) is 58.3 Å². The van der Waals surface area contributed by atoms with Crippen molar-refractivity contribution in [1.29, 1.82) is 0 Å². The number of unbranched alkanes of at least 4 members (excludes halogenated alkanes) is 1. The summed E-state index contributed by atoms with van der Waals surface area (Å²) in [6, 6.07) is 9.32. The Morgan fingerprint density at radius 2 is 2.12 bits per heavy atom. The Hall–Kier alpha value is -2.55. The van der Waals surface area contributed by atoms with Crippen LogP contribution in [0, 0.1) is 5.92 Å². The van der Waals surface area contributed by atoms with Gasteiger partial charge in [-0.1, -0.05) is 30.7 Å². The van der Waals surface area contributed by atoms with E-state index in [0.717, 1.165) is 66.9 Å². The second-order valence-corrected chi connectivity index (χ2v) is 12.2. The zero-order valence-corrected chi connectivity index (χ0v) is 24.1. The van der Waals surface area contributed by atoms with E-state index in [-0.39, 0.29) is 12.0 Å². The molecule has 0 bridgehead atoms. The molecule has 1 aromatic heterocycles. The lowest BCUT2D eigenvalue weighted by Crippen LogP contribution is -2.44. The van der Waals surface area contributed by atoms with Crippen molar-refractivity contribution in [2.75, 3.05) is 32.1 Å². The third-order valence-corrected chi connectivity index (χ3v) is 9.22. The molecule has 2 aromatic rings. The smallest absolute Gasteiger partial charge is 0.325 e. The lowest BCUT2D eigenvalue weighted by atomic mass is 9.85. The van der Waals surface area contributed by atoms with E-state index in [1.807, 2.05) is 36.9 Å². The molecule has 0 amide bonds. The quantitative estimate of drug-likeness (QED) is 0.355. The third kappa shape index (κ3) is 6.34. The number of hydrogen-bond acceptors (Lipinski definition) is 6. The second kappa shape index (κ2) is 12.5. The van der Waals surface area contributed by atoms with Gasteiger partial charge in [-0.05, 0) is 87.2 Å². The molecule has 0 aliphatic carbocycles. The summed E-state index contributed by atoms with van der Waals surface area (Å²) in [4.78, 5) is 19.3. The average Bonchev–Trinajstić information content (AvgIpc) is 3.44. The number of carboxylic acid groups (broad SMARTS) is 1. The minimum atomic E-state index is -0.928. The number of aryl methyl sites for hydroxylation is 2. The van der Waals surface area contributed by atoms with E-state index in [1.165, 1.54) is 5.56 Å². The predicted octanol–water partition coefficient (Wildman–Crippen LogP) is 5.50. The highest BCUT2D eigenvalue weighted by Gasteiger charge is 2.40. The van der Waals surface area contributed by atoms with Crippen molar-refractivity contribution in [2.24, 2.45) is 5.92 Å². The normalized spacial score (nSPS) is 22.7. The molecule has 4 atom stereocenters. The molecule has 3 aliphatic heterocycles. The molecule has 1 aromatic carbocycles. The van der Waals surface area contributed by atoms with Crippen LogP contribution in [0.4, 0.5) is 10.2 Å². The molecule has 4 heterocycles. The molecule has 7 nitrogen and oxygen atoms in total. The standard InChI is InChI=1S/C32H44FN3O4/c1-32(2,39-3)28-18-26-23(20-40-28)8-6-11-25(26)29(31(37)38)36-17-15-22(19-36)27(33)12-5-4-10-24-14-13-21-9-7-16-34-30(21)35-24/h6,8,11,13-14,22,27-29H,4-5,7,9-10,12,15-20H2,1-3H3,(H,34,35)(H,37,38)/t22?,27-,28-,29-/m1/s1. The van der Waals surface area contributed by atoms with Crippen molar-refractivity contribution >= 4 is 11.8 Å². The number of alkyl halides is 1. The average molecular weight is 554 g/mol. The number of hydrogen-bond donors (Lipinski definition) is 2. The topological polar surface area (TPSA) is 83.9 Å². The minimum Gasteiger partial charge on any atom is -0.480 e. The van der Waals surface area contributed by atoms with Crippen molar-refractivity contribution < 1.29 is 23.8 Å². The summed E-state index contributed by atoms with van der Waals surface area (Å²) in [5, 5.41) is 13.7. The van der Waals surface area contributed by atoms with Gasteiger partial charge in [-0.3, -0.25) is 9.69 Å². The number of carboxylic acids is 1. The van der Waals surface area contributed by atoms with E-state index < -0.39 is 23.8 Å². The maximum Gasteiger partial charge on any atom is 0.325 e. The predicted molar refractivity (Wildman–Crippen MR) is 153 cm³/mol. The van der Waals surface area contributed by atoms with Gasteiger partial charge in [0.05, 0.1) is 18.3 Å².